The zero-order valence-electron chi connectivity index (χ0n) is 15.1. The average molecular weight is 351 g/mol. The summed E-state index contributed by atoms with van der Waals surface area (Å²) in [7, 11) is 1.76. The summed E-state index contributed by atoms with van der Waals surface area (Å²) in [6.45, 7) is 4.71. The number of hydrogen-bond acceptors (Lipinski definition) is 5. The molecule has 2 aromatic carbocycles. The molecule has 0 aliphatic heterocycles. The SMILES string of the molecule is Cc1cccc(OCCN(C)C(=O)c2ccc(-c3nc(C)no3)cc2)c1. The van der Waals surface area contributed by atoms with Gasteiger partial charge in [0.1, 0.15) is 12.4 Å². The molecule has 6 heteroatoms. The maximum atomic E-state index is 12.5. The van der Waals surface area contributed by atoms with E-state index in [1.807, 2.05) is 31.2 Å². The topological polar surface area (TPSA) is 68.5 Å². The summed E-state index contributed by atoms with van der Waals surface area (Å²) in [6.07, 6.45) is 0. The minimum atomic E-state index is -0.0638. The van der Waals surface area contributed by atoms with Crippen LogP contribution in [0, 0.1) is 13.8 Å². The fraction of sp³-hybridized carbons (Fsp3) is 0.250. The number of hydrogen-bond donors (Lipinski definition) is 0. The van der Waals surface area contributed by atoms with Gasteiger partial charge in [0.15, 0.2) is 5.82 Å². The Bertz CT molecular complexity index is 887. The van der Waals surface area contributed by atoms with Crippen LogP contribution in [-0.2, 0) is 0 Å². The monoisotopic (exact) mass is 351 g/mol. The summed E-state index contributed by atoms with van der Waals surface area (Å²) in [4.78, 5) is 18.3. The molecule has 3 aromatic rings. The van der Waals surface area contributed by atoms with Crippen LogP contribution in [0.25, 0.3) is 11.5 Å². The van der Waals surface area contributed by atoms with Gasteiger partial charge >= 0.3 is 0 Å². The molecule has 1 amide bonds. The van der Waals surface area contributed by atoms with Crippen LogP contribution < -0.4 is 4.74 Å². The standard InChI is InChI=1S/C20H21N3O3/c1-14-5-4-6-18(13-14)25-12-11-23(3)20(24)17-9-7-16(8-10-17)19-21-15(2)22-26-19/h4-10,13H,11-12H2,1-3H3. The molecule has 3 rings (SSSR count). The number of likely N-dealkylation sites (N-methyl/N-ethyl adjacent to an activating group) is 1. The van der Waals surface area contributed by atoms with Crippen LogP contribution in [0.4, 0.5) is 0 Å². The highest BCUT2D eigenvalue weighted by molar-refractivity contribution is 5.94. The largest absolute Gasteiger partial charge is 0.492 e. The number of carbonyl (C=O) groups excluding carboxylic acids is 1. The van der Waals surface area contributed by atoms with Gasteiger partial charge in [0.25, 0.3) is 11.8 Å². The zero-order chi connectivity index (χ0) is 18.5. The zero-order valence-corrected chi connectivity index (χ0v) is 15.1. The summed E-state index contributed by atoms with van der Waals surface area (Å²) in [5.41, 5.74) is 2.53. The first kappa shape index (κ1) is 17.7. The van der Waals surface area contributed by atoms with Gasteiger partial charge in [-0.3, -0.25) is 4.79 Å². The summed E-state index contributed by atoms with van der Waals surface area (Å²) in [6, 6.07) is 15.0. The molecule has 0 saturated heterocycles. The van der Waals surface area contributed by atoms with Gasteiger partial charge in [-0.05, 0) is 55.8 Å². The van der Waals surface area contributed by atoms with Crippen molar-refractivity contribution in [2.45, 2.75) is 13.8 Å². The molecule has 134 valence electrons. The smallest absolute Gasteiger partial charge is 0.257 e. The van der Waals surface area contributed by atoms with Crippen molar-refractivity contribution < 1.29 is 14.1 Å². The van der Waals surface area contributed by atoms with Crippen LogP contribution >= 0.6 is 0 Å². The molecule has 0 radical (unpaired) electrons. The first-order valence-corrected chi connectivity index (χ1v) is 8.38. The van der Waals surface area contributed by atoms with Crippen LogP contribution in [0.3, 0.4) is 0 Å². The molecule has 26 heavy (non-hydrogen) atoms. The van der Waals surface area contributed by atoms with E-state index in [0.717, 1.165) is 16.9 Å². The summed E-state index contributed by atoms with van der Waals surface area (Å²) in [5.74, 6) is 1.77. The Labute approximate surface area is 152 Å². The number of aryl methyl sites for hydroxylation is 2. The number of rotatable bonds is 6. The number of carbonyl (C=O) groups is 1. The molecule has 0 fully saturated rings. The Hall–Kier alpha value is -3.15. The normalized spacial score (nSPS) is 10.6. The van der Waals surface area contributed by atoms with E-state index in [9.17, 15) is 4.79 Å². The Morgan fingerprint density at radius 3 is 2.58 bits per heavy atom. The number of benzene rings is 2. The van der Waals surface area contributed by atoms with Crippen molar-refractivity contribution in [2.24, 2.45) is 0 Å². The van der Waals surface area contributed by atoms with Crippen molar-refractivity contribution in [3.63, 3.8) is 0 Å². The molecule has 0 aliphatic rings. The highest BCUT2D eigenvalue weighted by Gasteiger charge is 2.13. The van der Waals surface area contributed by atoms with E-state index in [0.29, 0.717) is 30.4 Å². The second kappa shape index (κ2) is 7.82. The number of nitrogens with zero attached hydrogens (tertiary/aromatic N) is 3. The van der Waals surface area contributed by atoms with Crippen molar-refractivity contribution in [3.8, 4) is 17.2 Å². The molecule has 1 heterocycles. The molecular weight excluding hydrogens is 330 g/mol. The molecule has 0 unspecified atom stereocenters. The molecule has 0 atom stereocenters. The Balaban J connectivity index is 1.56. The van der Waals surface area contributed by atoms with Crippen molar-refractivity contribution in [1.82, 2.24) is 15.0 Å². The van der Waals surface area contributed by atoms with Crippen LogP contribution in [-0.4, -0.2) is 41.1 Å². The molecule has 0 N–H and O–H groups in total. The molecule has 6 nitrogen and oxygen atoms in total. The van der Waals surface area contributed by atoms with E-state index >= 15 is 0 Å². The van der Waals surface area contributed by atoms with Gasteiger partial charge < -0.3 is 14.2 Å². The second-order valence-electron chi connectivity index (χ2n) is 6.12. The van der Waals surface area contributed by atoms with Crippen molar-refractivity contribution in [1.29, 1.82) is 0 Å². The molecule has 0 saturated carbocycles. The van der Waals surface area contributed by atoms with Gasteiger partial charge in [-0.25, -0.2) is 0 Å². The summed E-state index contributed by atoms with van der Waals surface area (Å²) in [5, 5.41) is 3.77. The Morgan fingerprint density at radius 1 is 1.15 bits per heavy atom. The molecule has 0 spiro atoms. The lowest BCUT2D eigenvalue weighted by atomic mass is 10.1. The highest BCUT2D eigenvalue weighted by Crippen LogP contribution is 2.18. The van der Waals surface area contributed by atoms with Gasteiger partial charge in [0, 0.05) is 18.2 Å². The van der Waals surface area contributed by atoms with Crippen molar-refractivity contribution in [3.05, 3.63) is 65.5 Å². The van der Waals surface area contributed by atoms with E-state index in [2.05, 4.69) is 10.1 Å². The Morgan fingerprint density at radius 2 is 1.92 bits per heavy atom. The Kier molecular flexibility index (Phi) is 5.31. The number of ether oxygens (including phenoxy) is 1. The highest BCUT2D eigenvalue weighted by atomic mass is 16.5. The summed E-state index contributed by atoms with van der Waals surface area (Å²) >= 11 is 0. The van der Waals surface area contributed by atoms with Crippen molar-refractivity contribution >= 4 is 5.91 Å². The predicted octanol–water partition coefficient (Wildman–Crippen LogP) is 3.50. The minimum Gasteiger partial charge on any atom is -0.492 e. The minimum absolute atomic E-state index is 0.0638. The first-order valence-electron chi connectivity index (χ1n) is 8.38. The maximum absolute atomic E-state index is 12.5. The van der Waals surface area contributed by atoms with E-state index in [1.54, 1.807) is 43.1 Å². The predicted molar refractivity (Wildman–Crippen MR) is 98.1 cm³/mol. The van der Waals surface area contributed by atoms with E-state index in [4.69, 9.17) is 9.26 Å². The van der Waals surface area contributed by atoms with Gasteiger partial charge in [-0.1, -0.05) is 17.3 Å². The van der Waals surface area contributed by atoms with Gasteiger partial charge in [0.05, 0.1) is 6.54 Å². The van der Waals surface area contributed by atoms with Crippen LogP contribution in [0.2, 0.25) is 0 Å². The lowest BCUT2D eigenvalue weighted by Crippen LogP contribution is -2.30. The van der Waals surface area contributed by atoms with E-state index in [1.165, 1.54) is 0 Å². The van der Waals surface area contributed by atoms with E-state index in [-0.39, 0.29) is 5.91 Å². The second-order valence-corrected chi connectivity index (χ2v) is 6.12. The fourth-order valence-electron chi connectivity index (χ4n) is 2.50. The molecule has 0 bridgehead atoms. The molecular formula is C20H21N3O3. The average Bonchev–Trinajstić information content (AvgIpc) is 3.07. The van der Waals surface area contributed by atoms with E-state index < -0.39 is 0 Å². The summed E-state index contributed by atoms with van der Waals surface area (Å²) < 4.78 is 10.8. The van der Waals surface area contributed by atoms with Crippen LogP contribution in [0.5, 0.6) is 5.75 Å². The van der Waals surface area contributed by atoms with Crippen molar-refractivity contribution in [2.75, 3.05) is 20.2 Å². The van der Waals surface area contributed by atoms with Gasteiger partial charge in [0.2, 0.25) is 0 Å². The van der Waals surface area contributed by atoms with Crippen LogP contribution in [0.1, 0.15) is 21.7 Å². The fourth-order valence-corrected chi connectivity index (χ4v) is 2.50. The first-order chi connectivity index (χ1) is 12.5. The third-order valence-corrected chi connectivity index (χ3v) is 3.94. The lowest BCUT2D eigenvalue weighted by Gasteiger charge is -2.17. The van der Waals surface area contributed by atoms with Gasteiger partial charge in [-0.2, -0.15) is 4.98 Å². The van der Waals surface area contributed by atoms with Crippen LogP contribution in [0.15, 0.2) is 53.1 Å². The third kappa shape index (κ3) is 4.27. The number of aromatic nitrogens is 2. The number of amides is 1. The quantitative estimate of drug-likeness (QED) is 0.680. The molecule has 1 aromatic heterocycles. The lowest BCUT2D eigenvalue weighted by molar-refractivity contribution is 0.0774. The third-order valence-electron chi connectivity index (χ3n) is 3.94. The van der Waals surface area contributed by atoms with Gasteiger partial charge in [-0.15, -0.1) is 0 Å². The molecule has 0 aliphatic carbocycles. The maximum Gasteiger partial charge on any atom is 0.257 e.